The molecule has 2 amide bonds. The number of methoxy groups -OCH3 is 1. The van der Waals surface area contributed by atoms with Gasteiger partial charge < -0.3 is 15.0 Å². The van der Waals surface area contributed by atoms with E-state index in [2.05, 4.69) is 36.5 Å². The molecule has 1 N–H and O–H groups in total. The van der Waals surface area contributed by atoms with Crippen LogP contribution in [0.5, 0.6) is 5.75 Å². The number of carbonyl (C=O) groups excluding carboxylic acids is 2. The number of amides is 2. The summed E-state index contributed by atoms with van der Waals surface area (Å²) in [5, 5.41) is 3.19. The van der Waals surface area contributed by atoms with Crippen LogP contribution in [0.1, 0.15) is 62.1 Å². The van der Waals surface area contributed by atoms with Gasteiger partial charge >= 0.3 is 0 Å². The van der Waals surface area contributed by atoms with Crippen molar-refractivity contribution in [2.45, 2.75) is 77.4 Å². The number of ether oxygens (including phenoxy) is 1. The Morgan fingerprint density at radius 3 is 2.25 bits per heavy atom. The number of benzene rings is 2. The average molecular weight is 437 g/mol. The van der Waals surface area contributed by atoms with Crippen LogP contribution in [-0.4, -0.2) is 35.9 Å². The first-order chi connectivity index (χ1) is 15.5. The van der Waals surface area contributed by atoms with E-state index in [0.717, 1.165) is 42.6 Å². The zero-order valence-electron chi connectivity index (χ0n) is 19.6. The maximum absolute atomic E-state index is 13.3. The van der Waals surface area contributed by atoms with E-state index in [1.807, 2.05) is 31.2 Å². The summed E-state index contributed by atoms with van der Waals surface area (Å²) in [5.41, 5.74) is 3.31. The van der Waals surface area contributed by atoms with Crippen molar-refractivity contribution < 1.29 is 14.3 Å². The van der Waals surface area contributed by atoms with Gasteiger partial charge in [0.05, 0.1) is 7.11 Å². The number of hydrogen-bond acceptors (Lipinski definition) is 3. The second kappa shape index (κ2) is 11.7. The van der Waals surface area contributed by atoms with Gasteiger partial charge in [0, 0.05) is 19.0 Å². The van der Waals surface area contributed by atoms with E-state index in [1.165, 1.54) is 12.0 Å². The second-order valence-electron chi connectivity index (χ2n) is 8.87. The highest BCUT2D eigenvalue weighted by Gasteiger charge is 2.28. The fourth-order valence-electron chi connectivity index (χ4n) is 4.23. The van der Waals surface area contributed by atoms with Crippen molar-refractivity contribution in [2.24, 2.45) is 0 Å². The third-order valence-corrected chi connectivity index (χ3v) is 6.38. The highest BCUT2D eigenvalue weighted by atomic mass is 16.5. The van der Waals surface area contributed by atoms with Gasteiger partial charge in [0.2, 0.25) is 11.8 Å². The van der Waals surface area contributed by atoms with Crippen molar-refractivity contribution in [2.75, 3.05) is 7.11 Å². The molecule has 0 bridgehead atoms. The molecule has 1 saturated carbocycles. The molecule has 2 aromatic rings. The van der Waals surface area contributed by atoms with Crippen LogP contribution in [0.15, 0.2) is 48.5 Å². The van der Waals surface area contributed by atoms with Crippen LogP contribution in [0.25, 0.3) is 0 Å². The minimum Gasteiger partial charge on any atom is -0.497 e. The lowest BCUT2D eigenvalue weighted by molar-refractivity contribution is -0.141. The van der Waals surface area contributed by atoms with Crippen molar-refractivity contribution in [1.29, 1.82) is 0 Å². The van der Waals surface area contributed by atoms with Gasteiger partial charge in [-0.2, -0.15) is 0 Å². The van der Waals surface area contributed by atoms with E-state index in [4.69, 9.17) is 4.74 Å². The van der Waals surface area contributed by atoms with Crippen molar-refractivity contribution in [3.8, 4) is 5.75 Å². The summed E-state index contributed by atoms with van der Waals surface area (Å²) in [5.74, 6) is 0.705. The Balaban J connectivity index is 1.69. The van der Waals surface area contributed by atoms with Crippen LogP contribution >= 0.6 is 0 Å². The molecule has 1 atom stereocenters. The average Bonchev–Trinajstić information content (AvgIpc) is 2.82. The maximum Gasteiger partial charge on any atom is 0.242 e. The molecule has 1 fully saturated rings. The van der Waals surface area contributed by atoms with E-state index in [9.17, 15) is 9.59 Å². The molecule has 0 heterocycles. The molecule has 0 unspecified atom stereocenters. The molecular formula is C27H36N2O3. The van der Waals surface area contributed by atoms with Gasteiger partial charge in [-0.1, -0.05) is 61.2 Å². The molecule has 0 aromatic heterocycles. The molecule has 172 valence electrons. The molecular weight excluding hydrogens is 400 g/mol. The Hall–Kier alpha value is -2.82. The summed E-state index contributed by atoms with van der Waals surface area (Å²) in [4.78, 5) is 28.0. The summed E-state index contributed by atoms with van der Waals surface area (Å²) in [6.45, 7) is 4.29. The fraction of sp³-hybridized carbons (Fsp3) is 0.481. The molecule has 1 aliphatic rings. The summed E-state index contributed by atoms with van der Waals surface area (Å²) < 4.78 is 5.24. The molecule has 5 nitrogen and oxygen atoms in total. The van der Waals surface area contributed by atoms with Gasteiger partial charge in [0.25, 0.3) is 0 Å². The molecule has 32 heavy (non-hydrogen) atoms. The predicted octanol–water partition coefficient (Wildman–Crippen LogP) is 4.80. The zero-order valence-corrected chi connectivity index (χ0v) is 19.6. The Kier molecular flexibility index (Phi) is 8.72. The summed E-state index contributed by atoms with van der Waals surface area (Å²) in [6, 6.07) is 15.6. The monoisotopic (exact) mass is 436 g/mol. The largest absolute Gasteiger partial charge is 0.497 e. The molecule has 1 aliphatic carbocycles. The third kappa shape index (κ3) is 6.84. The van der Waals surface area contributed by atoms with Gasteiger partial charge in [-0.25, -0.2) is 0 Å². The van der Waals surface area contributed by atoms with Crippen molar-refractivity contribution in [3.05, 3.63) is 65.2 Å². The van der Waals surface area contributed by atoms with Gasteiger partial charge in [0.15, 0.2) is 0 Å². The van der Waals surface area contributed by atoms with Crippen LogP contribution in [0.4, 0.5) is 0 Å². The van der Waals surface area contributed by atoms with Crippen molar-refractivity contribution in [3.63, 3.8) is 0 Å². The smallest absolute Gasteiger partial charge is 0.242 e. The van der Waals surface area contributed by atoms with E-state index in [-0.39, 0.29) is 17.9 Å². The number of hydrogen-bond donors (Lipinski definition) is 1. The van der Waals surface area contributed by atoms with Gasteiger partial charge in [-0.05, 0) is 56.4 Å². The number of nitrogens with one attached hydrogen (secondary N) is 1. The Morgan fingerprint density at radius 2 is 1.62 bits per heavy atom. The lowest BCUT2D eigenvalue weighted by Crippen LogP contribution is -2.50. The molecule has 2 aromatic carbocycles. The number of aryl methyl sites for hydroxylation is 2. The van der Waals surface area contributed by atoms with Crippen LogP contribution in [0.2, 0.25) is 0 Å². The Morgan fingerprint density at radius 1 is 1.00 bits per heavy atom. The van der Waals surface area contributed by atoms with Gasteiger partial charge in [0.1, 0.15) is 11.8 Å². The first-order valence-electron chi connectivity index (χ1n) is 11.7. The molecule has 0 radical (unpaired) electrons. The van der Waals surface area contributed by atoms with Crippen LogP contribution in [0.3, 0.4) is 0 Å². The first kappa shape index (κ1) is 23.8. The SMILES string of the molecule is COc1ccc(CN(C(=O)CCc2ccc(C)cc2)[C@@H](C)C(=O)NC2CCCCC2)cc1. The first-order valence-corrected chi connectivity index (χ1v) is 11.7. The summed E-state index contributed by atoms with van der Waals surface area (Å²) >= 11 is 0. The topological polar surface area (TPSA) is 58.6 Å². The highest BCUT2D eigenvalue weighted by molar-refractivity contribution is 5.87. The quantitative estimate of drug-likeness (QED) is 0.614. The van der Waals surface area contributed by atoms with E-state index in [0.29, 0.717) is 19.4 Å². The molecule has 5 heteroatoms. The predicted molar refractivity (Wildman–Crippen MR) is 128 cm³/mol. The molecule has 0 spiro atoms. The van der Waals surface area contributed by atoms with E-state index in [1.54, 1.807) is 12.0 Å². The number of rotatable bonds is 9. The minimum absolute atomic E-state index is 0.00677. The summed E-state index contributed by atoms with van der Waals surface area (Å²) in [6.07, 6.45) is 6.64. The second-order valence-corrected chi connectivity index (χ2v) is 8.87. The molecule has 3 rings (SSSR count). The van der Waals surface area contributed by atoms with Crippen LogP contribution in [-0.2, 0) is 22.6 Å². The number of nitrogens with zero attached hydrogens (tertiary/aromatic N) is 1. The standard InChI is InChI=1S/C27H36N2O3/c1-20-9-11-22(12-10-20)15-18-26(30)29(19-23-13-16-25(32-3)17-14-23)21(2)27(31)28-24-7-5-4-6-8-24/h9-14,16-17,21,24H,4-8,15,18-19H2,1-3H3,(H,28,31)/t21-/m0/s1. The Bertz CT molecular complexity index is 871. The Labute approximate surface area is 192 Å². The van der Waals surface area contributed by atoms with E-state index < -0.39 is 6.04 Å². The van der Waals surface area contributed by atoms with E-state index >= 15 is 0 Å². The normalized spacial score (nSPS) is 15.1. The summed E-state index contributed by atoms with van der Waals surface area (Å²) in [7, 11) is 1.63. The highest BCUT2D eigenvalue weighted by Crippen LogP contribution is 2.19. The lowest BCUT2D eigenvalue weighted by Gasteiger charge is -2.31. The zero-order chi connectivity index (χ0) is 22.9. The van der Waals surface area contributed by atoms with Crippen molar-refractivity contribution in [1.82, 2.24) is 10.2 Å². The molecule has 0 aliphatic heterocycles. The molecule has 0 saturated heterocycles. The van der Waals surface area contributed by atoms with Crippen molar-refractivity contribution >= 4 is 11.8 Å². The van der Waals surface area contributed by atoms with Crippen LogP contribution in [0, 0.1) is 6.92 Å². The lowest BCUT2D eigenvalue weighted by atomic mass is 9.95. The third-order valence-electron chi connectivity index (χ3n) is 6.38. The van der Waals surface area contributed by atoms with Crippen LogP contribution < -0.4 is 10.1 Å². The van der Waals surface area contributed by atoms with Gasteiger partial charge in [-0.3, -0.25) is 9.59 Å². The maximum atomic E-state index is 13.3. The minimum atomic E-state index is -0.524. The van der Waals surface area contributed by atoms with Gasteiger partial charge in [-0.15, -0.1) is 0 Å². The fourth-order valence-corrected chi connectivity index (χ4v) is 4.23. The number of carbonyl (C=O) groups is 2.